The summed E-state index contributed by atoms with van der Waals surface area (Å²) >= 11 is 0. The standard InChI is InChI=1S/C14H21NO3S/c1-3-19(17,18)13-7-5-12(6-8-13)15-10-4-9-14(2,16)11-15/h5-8,16H,3-4,9-11H2,1-2H3. The van der Waals surface area contributed by atoms with Crippen molar-refractivity contribution in [3.8, 4) is 0 Å². The van der Waals surface area contributed by atoms with Gasteiger partial charge in [0.25, 0.3) is 0 Å². The summed E-state index contributed by atoms with van der Waals surface area (Å²) < 4.78 is 23.5. The van der Waals surface area contributed by atoms with E-state index in [2.05, 4.69) is 4.90 Å². The van der Waals surface area contributed by atoms with E-state index in [4.69, 9.17) is 0 Å². The third kappa shape index (κ3) is 3.28. The highest BCUT2D eigenvalue weighted by atomic mass is 32.2. The Bertz CT molecular complexity index is 534. The molecule has 1 aromatic carbocycles. The zero-order valence-electron chi connectivity index (χ0n) is 11.5. The fraction of sp³-hybridized carbons (Fsp3) is 0.571. The van der Waals surface area contributed by atoms with E-state index >= 15 is 0 Å². The summed E-state index contributed by atoms with van der Waals surface area (Å²) in [6.07, 6.45) is 1.76. The molecule has 0 aromatic heterocycles. The molecule has 2 rings (SSSR count). The molecule has 1 atom stereocenters. The Morgan fingerprint density at radius 3 is 2.47 bits per heavy atom. The lowest BCUT2D eigenvalue weighted by Crippen LogP contribution is -2.46. The van der Waals surface area contributed by atoms with Crippen LogP contribution in [0.5, 0.6) is 0 Å². The van der Waals surface area contributed by atoms with Crippen molar-refractivity contribution < 1.29 is 13.5 Å². The maximum Gasteiger partial charge on any atom is 0.178 e. The molecule has 4 nitrogen and oxygen atoms in total. The van der Waals surface area contributed by atoms with E-state index in [-0.39, 0.29) is 5.75 Å². The van der Waals surface area contributed by atoms with Crippen LogP contribution in [-0.4, -0.2) is 38.0 Å². The second kappa shape index (κ2) is 5.13. The van der Waals surface area contributed by atoms with Gasteiger partial charge in [-0.3, -0.25) is 0 Å². The Morgan fingerprint density at radius 2 is 1.95 bits per heavy atom. The van der Waals surface area contributed by atoms with Gasteiger partial charge in [0.15, 0.2) is 9.84 Å². The molecule has 0 radical (unpaired) electrons. The molecule has 1 N–H and O–H groups in total. The molecule has 1 fully saturated rings. The van der Waals surface area contributed by atoms with E-state index in [1.54, 1.807) is 19.1 Å². The lowest BCUT2D eigenvalue weighted by atomic mass is 9.95. The van der Waals surface area contributed by atoms with E-state index in [1.807, 2.05) is 19.1 Å². The average Bonchev–Trinajstić information content (AvgIpc) is 2.38. The molecule has 0 aliphatic carbocycles. The molecule has 1 aromatic rings. The fourth-order valence-electron chi connectivity index (χ4n) is 2.47. The number of sulfone groups is 1. The van der Waals surface area contributed by atoms with Gasteiger partial charge >= 0.3 is 0 Å². The number of hydrogen-bond acceptors (Lipinski definition) is 4. The van der Waals surface area contributed by atoms with Gasteiger partial charge in [0, 0.05) is 18.8 Å². The van der Waals surface area contributed by atoms with Crippen LogP contribution in [0.15, 0.2) is 29.2 Å². The van der Waals surface area contributed by atoms with Gasteiger partial charge in [-0.2, -0.15) is 0 Å². The van der Waals surface area contributed by atoms with Crippen LogP contribution < -0.4 is 4.90 Å². The summed E-state index contributed by atoms with van der Waals surface area (Å²) in [5.74, 6) is 0.116. The maximum atomic E-state index is 11.7. The topological polar surface area (TPSA) is 57.6 Å². The molecule has 19 heavy (non-hydrogen) atoms. The minimum Gasteiger partial charge on any atom is -0.388 e. The molecule has 1 unspecified atom stereocenters. The van der Waals surface area contributed by atoms with Crippen molar-refractivity contribution in [2.24, 2.45) is 0 Å². The van der Waals surface area contributed by atoms with Crippen LogP contribution in [0.4, 0.5) is 5.69 Å². The number of β-amino-alcohol motifs (C(OH)–C–C–N with tert-alkyl or cyclic N) is 1. The number of hydrogen-bond donors (Lipinski definition) is 1. The first-order valence-corrected chi connectivity index (χ1v) is 8.29. The Morgan fingerprint density at radius 1 is 1.32 bits per heavy atom. The van der Waals surface area contributed by atoms with E-state index in [0.29, 0.717) is 11.4 Å². The molecule has 1 aliphatic heterocycles. The third-order valence-electron chi connectivity index (χ3n) is 3.62. The molecule has 0 spiro atoms. The summed E-state index contributed by atoms with van der Waals surface area (Å²) in [5, 5.41) is 10.1. The van der Waals surface area contributed by atoms with E-state index in [0.717, 1.165) is 25.1 Å². The lowest BCUT2D eigenvalue weighted by Gasteiger charge is -2.38. The monoisotopic (exact) mass is 283 g/mol. The number of anilines is 1. The van der Waals surface area contributed by atoms with Gasteiger partial charge in [0.2, 0.25) is 0 Å². The van der Waals surface area contributed by atoms with Gasteiger partial charge in [-0.15, -0.1) is 0 Å². The first-order valence-electron chi connectivity index (χ1n) is 6.64. The van der Waals surface area contributed by atoms with Crippen molar-refractivity contribution in [2.75, 3.05) is 23.7 Å². The van der Waals surface area contributed by atoms with Crippen molar-refractivity contribution >= 4 is 15.5 Å². The Hall–Kier alpha value is -1.07. The Labute approximate surface area is 115 Å². The zero-order chi connectivity index (χ0) is 14.1. The van der Waals surface area contributed by atoms with Gasteiger partial charge in [-0.05, 0) is 44.0 Å². The largest absolute Gasteiger partial charge is 0.388 e. The van der Waals surface area contributed by atoms with Crippen LogP contribution in [0.1, 0.15) is 26.7 Å². The summed E-state index contributed by atoms with van der Waals surface area (Å²) in [4.78, 5) is 2.47. The second-order valence-corrected chi connectivity index (χ2v) is 7.70. The van der Waals surface area contributed by atoms with E-state index < -0.39 is 15.4 Å². The van der Waals surface area contributed by atoms with Crippen LogP contribution >= 0.6 is 0 Å². The number of benzene rings is 1. The number of rotatable bonds is 3. The van der Waals surface area contributed by atoms with Crippen molar-refractivity contribution in [3.63, 3.8) is 0 Å². The maximum absolute atomic E-state index is 11.7. The number of aliphatic hydroxyl groups is 1. The third-order valence-corrected chi connectivity index (χ3v) is 5.37. The predicted molar refractivity (Wildman–Crippen MR) is 76.2 cm³/mol. The normalized spacial score (nSPS) is 24.5. The minimum absolute atomic E-state index is 0.116. The second-order valence-electron chi connectivity index (χ2n) is 5.42. The smallest absolute Gasteiger partial charge is 0.178 e. The SMILES string of the molecule is CCS(=O)(=O)c1ccc(N2CCCC(C)(O)C2)cc1. The molecule has 0 bridgehead atoms. The summed E-state index contributed by atoms with van der Waals surface area (Å²) in [6.45, 7) is 4.98. The van der Waals surface area contributed by atoms with Crippen molar-refractivity contribution in [1.82, 2.24) is 0 Å². The summed E-state index contributed by atoms with van der Waals surface area (Å²) in [7, 11) is -3.14. The first kappa shape index (κ1) is 14.3. The average molecular weight is 283 g/mol. The molecule has 5 heteroatoms. The van der Waals surface area contributed by atoms with Crippen LogP contribution in [0.25, 0.3) is 0 Å². The van der Waals surface area contributed by atoms with Crippen molar-refractivity contribution in [3.05, 3.63) is 24.3 Å². The summed E-state index contributed by atoms with van der Waals surface area (Å²) in [6, 6.07) is 6.95. The predicted octanol–water partition coefficient (Wildman–Crippen LogP) is 1.83. The zero-order valence-corrected chi connectivity index (χ0v) is 12.3. The number of piperidine rings is 1. The van der Waals surface area contributed by atoms with Crippen LogP contribution in [0, 0.1) is 0 Å². The van der Waals surface area contributed by atoms with Gasteiger partial charge in [-0.25, -0.2) is 8.42 Å². The van der Waals surface area contributed by atoms with Crippen molar-refractivity contribution in [1.29, 1.82) is 0 Å². The summed E-state index contributed by atoms with van der Waals surface area (Å²) in [5.41, 5.74) is 0.307. The number of nitrogens with zero attached hydrogens (tertiary/aromatic N) is 1. The molecule has 1 saturated heterocycles. The van der Waals surface area contributed by atoms with E-state index in [1.165, 1.54) is 0 Å². The van der Waals surface area contributed by atoms with Gasteiger partial charge in [-0.1, -0.05) is 6.92 Å². The van der Waals surface area contributed by atoms with Gasteiger partial charge in [0.05, 0.1) is 16.2 Å². The minimum atomic E-state index is -3.14. The fourth-order valence-corrected chi connectivity index (χ4v) is 3.36. The molecule has 0 saturated carbocycles. The van der Waals surface area contributed by atoms with Gasteiger partial charge in [0.1, 0.15) is 0 Å². The van der Waals surface area contributed by atoms with E-state index in [9.17, 15) is 13.5 Å². The van der Waals surface area contributed by atoms with Gasteiger partial charge < -0.3 is 10.0 Å². The van der Waals surface area contributed by atoms with Crippen LogP contribution in [-0.2, 0) is 9.84 Å². The highest BCUT2D eigenvalue weighted by Crippen LogP contribution is 2.26. The molecular weight excluding hydrogens is 262 g/mol. The van der Waals surface area contributed by atoms with Crippen LogP contribution in [0.3, 0.4) is 0 Å². The highest BCUT2D eigenvalue weighted by Gasteiger charge is 2.28. The molecular formula is C14H21NO3S. The Balaban J connectivity index is 2.19. The van der Waals surface area contributed by atoms with Crippen molar-refractivity contribution in [2.45, 2.75) is 37.2 Å². The molecule has 1 heterocycles. The molecule has 106 valence electrons. The first-order chi connectivity index (χ1) is 8.84. The Kier molecular flexibility index (Phi) is 3.87. The van der Waals surface area contributed by atoms with Crippen LogP contribution in [0.2, 0.25) is 0 Å². The highest BCUT2D eigenvalue weighted by molar-refractivity contribution is 7.91. The molecule has 0 amide bonds. The lowest BCUT2D eigenvalue weighted by molar-refractivity contribution is 0.0449. The quantitative estimate of drug-likeness (QED) is 0.919. The molecule has 1 aliphatic rings.